The number of nitrogens with zero attached hydrogens (tertiary/aromatic N) is 2. The molecule has 0 saturated carbocycles. The first-order valence-electron chi connectivity index (χ1n) is 5.47. The first-order valence-corrected chi connectivity index (χ1v) is 6.35. The highest BCUT2D eigenvalue weighted by Gasteiger charge is 2.07. The van der Waals surface area contributed by atoms with Crippen LogP contribution in [0.4, 0.5) is 5.82 Å². The molecule has 2 aromatic rings. The van der Waals surface area contributed by atoms with Gasteiger partial charge in [0.2, 0.25) is 5.91 Å². The van der Waals surface area contributed by atoms with Gasteiger partial charge in [-0.2, -0.15) is 0 Å². The van der Waals surface area contributed by atoms with Crippen molar-refractivity contribution >= 4 is 33.3 Å². The van der Waals surface area contributed by atoms with Crippen LogP contribution in [0.5, 0.6) is 0 Å². The van der Waals surface area contributed by atoms with Crippen molar-refractivity contribution in [1.82, 2.24) is 9.97 Å². The van der Waals surface area contributed by atoms with E-state index < -0.39 is 5.91 Å². The number of aryl methyl sites for hydroxylation is 1. The quantitative estimate of drug-likeness (QED) is 0.759. The Morgan fingerprint density at radius 2 is 2.39 bits per heavy atom. The lowest BCUT2D eigenvalue weighted by Crippen LogP contribution is -2.20. The third-order valence-electron chi connectivity index (χ3n) is 2.31. The van der Waals surface area contributed by atoms with E-state index in [1.54, 1.807) is 11.3 Å². The monoisotopic (exact) mass is 266 g/mol. The number of primary amides is 1. The fourth-order valence-electron chi connectivity index (χ4n) is 1.51. The number of rotatable bonds is 6. The fourth-order valence-corrected chi connectivity index (χ4v) is 2.48. The van der Waals surface area contributed by atoms with Crippen LogP contribution in [0.15, 0.2) is 11.7 Å². The number of thiophene rings is 1. The van der Waals surface area contributed by atoms with Gasteiger partial charge >= 0.3 is 0 Å². The molecule has 0 atom stereocenters. The predicted molar refractivity (Wildman–Crippen MR) is 70.7 cm³/mol. The van der Waals surface area contributed by atoms with Gasteiger partial charge in [-0.1, -0.05) is 0 Å². The number of carbonyl (C=O) groups excluding carboxylic acids is 1. The van der Waals surface area contributed by atoms with Crippen molar-refractivity contribution in [3.63, 3.8) is 0 Å². The summed E-state index contributed by atoms with van der Waals surface area (Å²) in [7, 11) is 0. The largest absolute Gasteiger partial charge is 0.370 e. The van der Waals surface area contributed by atoms with Gasteiger partial charge in [0.05, 0.1) is 16.8 Å². The summed E-state index contributed by atoms with van der Waals surface area (Å²) in [6, 6.07) is 0. The van der Waals surface area contributed by atoms with E-state index >= 15 is 0 Å². The maximum atomic E-state index is 10.5. The molecule has 6 nitrogen and oxygen atoms in total. The normalized spacial score (nSPS) is 10.7. The molecule has 0 radical (unpaired) electrons. The number of aromatic nitrogens is 2. The van der Waals surface area contributed by atoms with E-state index in [2.05, 4.69) is 15.3 Å². The summed E-state index contributed by atoms with van der Waals surface area (Å²) >= 11 is 1.61. The molecule has 0 aliphatic rings. The Bertz CT molecular complexity index is 555. The molecule has 0 fully saturated rings. The van der Waals surface area contributed by atoms with Gasteiger partial charge in [0.1, 0.15) is 18.8 Å². The van der Waals surface area contributed by atoms with E-state index in [-0.39, 0.29) is 6.61 Å². The Balaban J connectivity index is 1.93. The Hall–Kier alpha value is -1.73. The van der Waals surface area contributed by atoms with E-state index in [4.69, 9.17) is 10.5 Å². The molecule has 7 heteroatoms. The van der Waals surface area contributed by atoms with Crippen molar-refractivity contribution in [3.8, 4) is 0 Å². The Kier molecular flexibility index (Phi) is 4.06. The van der Waals surface area contributed by atoms with Gasteiger partial charge in [-0.3, -0.25) is 4.79 Å². The van der Waals surface area contributed by atoms with Gasteiger partial charge in [0.15, 0.2) is 0 Å². The number of anilines is 1. The molecule has 0 aromatic carbocycles. The first-order chi connectivity index (χ1) is 8.68. The molecule has 2 aromatic heterocycles. The number of hydrogen-bond acceptors (Lipinski definition) is 6. The second-order valence-corrected chi connectivity index (χ2v) is 4.64. The number of amides is 1. The smallest absolute Gasteiger partial charge is 0.243 e. The molecule has 2 heterocycles. The average Bonchev–Trinajstić information content (AvgIpc) is 2.71. The summed E-state index contributed by atoms with van der Waals surface area (Å²) in [6.45, 7) is 2.93. The summed E-state index contributed by atoms with van der Waals surface area (Å²) in [5.41, 5.74) is 7.07. The minimum absolute atomic E-state index is 0.0566. The molecular weight excluding hydrogens is 252 g/mol. The Morgan fingerprint density at radius 1 is 1.56 bits per heavy atom. The van der Waals surface area contributed by atoms with E-state index in [0.717, 1.165) is 21.6 Å². The van der Waals surface area contributed by atoms with E-state index in [9.17, 15) is 4.79 Å². The zero-order valence-electron chi connectivity index (χ0n) is 9.97. The van der Waals surface area contributed by atoms with Gasteiger partial charge in [-0.25, -0.2) is 9.97 Å². The molecule has 0 aliphatic carbocycles. The van der Waals surface area contributed by atoms with Crippen molar-refractivity contribution in [2.45, 2.75) is 6.92 Å². The lowest BCUT2D eigenvalue weighted by atomic mass is 10.3. The first kappa shape index (κ1) is 12.7. The molecule has 3 N–H and O–H groups in total. The van der Waals surface area contributed by atoms with Crippen LogP contribution in [0.25, 0.3) is 10.2 Å². The van der Waals surface area contributed by atoms with E-state index in [1.807, 2.05) is 12.3 Å². The summed E-state index contributed by atoms with van der Waals surface area (Å²) < 4.78 is 6.09. The molecule has 18 heavy (non-hydrogen) atoms. The van der Waals surface area contributed by atoms with Crippen molar-refractivity contribution in [2.75, 3.05) is 25.1 Å². The van der Waals surface area contributed by atoms with Crippen LogP contribution in [0.3, 0.4) is 0 Å². The van der Waals surface area contributed by atoms with Gasteiger partial charge in [0, 0.05) is 6.54 Å². The van der Waals surface area contributed by atoms with Crippen LogP contribution >= 0.6 is 11.3 Å². The third kappa shape index (κ3) is 2.93. The third-order valence-corrected chi connectivity index (χ3v) is 3.41. The zero-order chi connectivity index (χ0) is 13.0. The van der Waals surface area contributed by atoms with Crippen LogP contribution in [0.2, 0.25) is 0 Å². The lowest BCUT2D eigenvalue weighted by molar-refractivity contribution is -0.122. The minimum atomic E-state index is -0.465. The van der Waals surface area contributed by atoms with Crippen molar-refractivity contribution < 1.29 is 9.53 Å². The maximum Gasteiger partial charge on any atom is 0.243 e. The number of nitrogens with one attached hydrogen (secondary N) is 1. The standard InChI is InChI=1S/C11H14N4O2S/c1-7-5-18-10-9(7)14-6-15-11(10)13-2-3-17-4-8(12)16/h5-6H,2-4H2,1H3,(H2,12,16)(H,13,14,15). The van der Waals surface area contributed by atoms with Crippen LogP contribution in [-0.2, 0) is 9.53 Å². The molecular formula is C11H14N4O2S. The summed E-state index contributed by atoms with van der Waals surface area (Å²) in [5.74, 6) is 0.328. The van der Waals surface area contributed by atoms with Crippen LogP contribution in [-0.4, -0.2) is 35.6 Å². The molecule has 96 valence electrons. The second-order valence-electron chi connectivity index (χ2n) is 3.76. The second kappa shape index (κ2) is 5.74. The summed E-state index contributed by atoms with van der Waals surface area (Å²) in [5, 5.41) is 5.21. The van der Waals surface area contributed by atoms with Crippen molar-refractivity contribution in [2.24, 2.45) is 5.73 Å². The topological polar surface area (TPSA) is 90.1 Å². The van der Waals surface area contributed by atoms with Gasteiger partial charge < -0.3 is 15.8 Å². The van der Waals surface area contributed by atoms with Crippen molar-refractivity contribution in [3.05, 3.63) is 17.3 Å². The highest BCUT2D eigenvalue weighted by Crippen LogP contribution is 2.28. The molecule has 0 bridgehead atoms. The molecule has 2 rings (SSSR count). The Morgan fingerprint density at radius 3 is 3.17 bits per heavy atom. The summed E-state index contributed by atoms with van der Waals surface area (Å²) in [4.78, 5) is 18.9. The lowest BCUT2D eigenvalue weighted by Gasteiger charge is -2.06. The molecule has 1 amide bonds. The SMILES string of the molecule is Cc1csc2c(NCCOCC(N)=O)ncnc12. The van der Waals surface area contributed by atoms with Crippen LogP contribution in [0.1, 0.15) is 5.56 Å². The fraction of sp³-hybridized carbons (Fsp3) is 0.364. The average molecular weight is 266 g/mol. The van der Waals surface area contributed by atoms with Crippen LogP contribution < -0.4 is 11.1 Å². The highest BCUT2D eigenvalue weighted by molar-refractivity contribution is 7.18. The predicted octanol–water partition coefficient (Wildman–Crippen LogP) is 0.914. The molecule has 0 saturated heterocycles. The number of ether oxygens (including phenoxy) is 1. The number of fused-ring (bicyclic) bond motifs is 1. The molecule has 0 aliphatic heterocycles. The number of nitrogens with two attached hydrogens (primary N) is 1. The van der Waals surface area contributed by atoms with Gasteiger partial charge in [-0.05, 0) is 17.9 Å². The maximum absolute atomic E-state index is 10.5. The number of carbonyl (C=O) groups is 1. The van der Waals surface area contributed by atoms with E-state index in [1.165, 1.54) is 6.33 Å². The zero-order valence-corrected chi connectivity index (χ0v) is 10.8. The van der Waals surface area contributed by atoms with Gasteiger partial charge in [0.25, 0.3) is 0 Å². The highest BCUT2D eigenvalue weighted by atomic mass is 32.1. The van der Waals surface area contributed by atoms with Gasteiger partial charge in [-0.15, -0.1) is 11.3 Å². The van der Waals surface area contributed by atoms with Crippen LogP contribution in [0, 0.1) is 6.92 Å². The van der Waals surface area contributed by atoms with E-state index in [0.29, 0.717) is 13.2 Å². The Labute approximate surface area is 108 Å². The number of hydrogen-bond donors (Lipinski definition) is 2. The van der Waals surface area contributed by atoms with Crippen molar-refractivity contribution in [1.29, 1.82) is 0 Å². The summed E-state index contributed by atoms with van der Waals surface area (Å²) in [6.07, 6.45) is 1.54. The molecule has 0 unspecified atom stereocenters. The minimum Gasteiger partial charge on any atom is -0.370 e. The molecule has 0 spiro atoms.